The maximum Gasteiger partial charge on any atom is 0.305 e. The number of hydrogen-bond donors (Lipinski definition) is 13. The predicted molar refractivity (Wildman–Crippen MR) is 219 cm³/mol. The fourth-order valence-electron chi connectivity index (χ4n) is 5.44. The third kappa shape index (κ3) is 17.1. The lowest BCUT2D eigenvalue weighted by Crippen LogP contribution is -2.58. The van der Waals surface area contributed by atoms with Crippen molar-refractivity contribution >= 4 is 76.3 Å². The summed E-state index contributed by atoms with van der Waals surface area (Å²) in [5.74, 6) is -9.18. The molecule has 0 saturated heterocycles. The summed E-state index contributed by atoms with van der Waals surface area (Å²) in [6, 6.07) is 2.50. The SMILES string of the molecule is NC(=O)CC[C@H](NC(=O)[C@H](CCCN=C(N)N)NC(=O)c1ccccc1N)C(=O)N[C@@H](CC(=O)O)C(=O)N[C@@H](CCCN=C(N)N)C(=O)Nc1ccc([N+](=O)[O-])c(C(N)=O)c1. The number of para-hydroxylation sites is 1. The first-order valence-electron chi connectivity index (χ1n) is 18.3. The van der Waals surface area contributed by atoms with E-state index in [0.29, 0.717) is 0 Å². The van der Waals surface area contributed by atoms with E-state index in [-0.39, 0.29) is 67.6 Å². The Morgan fingerprint density at radius 2 is 1.18 bits per heavy atom. The number of hydrogen-bond acceptors (Lipinski definition) is 13. The number of guanidine groups is 2. The van der Waals surface area contributed by atoms with Crippen LogP contribution in [-0.2, 0) is 28.8 Å². The van der Waals surface area contributed by atoms with E-state index in [9.17, 15) is 53.6 Å². The van der Waals surface area contributed by atoms with Gasteiger partial charge in [0.1, 0.15) is 29.7 Å². The Balaban J connectivity index is 2.41. The van der Waals surface area contributed by atoms with Gasteiger partial charge in [0.2, 0.25) is 29.5 Å². The van der Waals surface area contributed by atoms with E-state index in [1.165, 1.54) is 18.2 Å². The molecule has 0 aromatic heterocycles. The van der Waals surface area contributed by atoms with Gasteiger partial charge in [-0.2, -0.15) is 0 Å². The highest BCUT2D eigenvalue weighted by atomic mass is 16.6. The number of carboxylic acids is 1. The van der Waals surface area contributed by atoms with Crippen molar-refractivity contribution in [3.8, 4) is 0 Å². The molecule has 0 saturated carbocycles. The second-order valence-corrected chi connectivity index (χ2v) is 13.1. The van der Waals surface area contributed by atoms with E-state index in [4.69, 9.17) is 40.1 Å². The summed E-state index contributed by atoms with van der Waals surface area (Å²) in [6.07, 6.45) is -2.05. The Morgan fingerprint density at radius 1 is 0.672 bits per heavy atom. The third-order valence-corrected chi connectivity index (χ3v) is 8.40. The Morgan fingerprint density at radius 3 is 1.67 bits per heavy atom. The minimum Gasteiger partial charge on any atom is -0.481 e. The Labute approximate surface area is 347 Å². The molecule has 2 rings (SSSR count). The molecule has 0 unspecified atom stereocenters. The fourth-order valence-corrected chi connectivity index (χ4v) is 5.44. The highest BCUT2D eigenvalue weighted by Crippen LogP contribution is 2.23. The topological polar surface area (TPSA) is 467 Å². The molecule has 0 aliphatic heterocycles. The average molecular weight is 856 g/mol. The molecule has 26 nitrogen and oxygen atoms in total. The van der Waals surface area contributed by atoms with Gasteiger partial charge in [0, 0.05) is 37.0 Å². The molecule has 2 aromatic rings. The van der Waals surface area contributed by atoms with E-state index in [2.05, 4.69) is 36.6 Å². The minimum absolute atomic E-state index is 0.0291. The van der Waals surface area contributed by atoms with Crippen LogP contribution in [0.2, 0.25) is 0 Å². The zero-order valence-electron chi connectivity index (χ0n) is 32.6. The van der Waals surface area contributed by atoms with Crippen molar-refractivity contribution in [1.82, 2.24) is 21.3 Å². The van der Waals surface area contributed by atoms with Gasteiger partial charge >= 0.3 is 5.97 Å². The van der Waals surface area contributed by atoms with Crippen LogP contribution in [0.5, 0.6) is 0 Å². The van der Waals surface area contributed by atoms with Crippen LogP contribution in [0.15, 0.2) is 52.4 Å². The Bertz CT molecular complexity index is 2030. The van der Waals surface area contributed by atoms with Crippen LogP contribution < -0.4 is 66.7 Å². The van der Waals surface area contributed by atoms with Gasteiger partial charge in [-0.1, -0.05) is 12.1 Å². The average Bonchev–Trinajstić information content (AvgIpc) is 3.17. The summed E-state index contributed by atoms with van der Waals surface area (Å²) in [5, 5.41) is 32.9. The number of nitrogens with two attached hydrogens (primary N) is 7. The van der Waals surface area contributed by atoms with E-state index in [1.807, 2.05) is 0 Å². The second-order valence-electron chi connectivity index (χ2n) is 13.1. The molecule has 7 amide bonds. The number of nitro groups is 1. The van der Waals surface area contributed by atoms with Crippen LogP contribution in [0.3, 0.4) is 0 Å². The van der Waals surface area contributed by atoms with E-state index < -0.39 is 107 Å². The van der Waals surface area contributed by atoms with Crippen LogP contribution in [0.4, 0.5) is 17.1 Å². The van der Waals surface area contributed by atoms with Gasteiger partial charge in [-0.3, -0.25) is 58.5 Å². The number of carbonyl (C=O) groups is 8. The van der Waals surface area contributed by atoms with Crippen molar-refractivity contribution in [2.24, 2.45) is 44.4 Å². The molecule has 61 heavy (non-hydrogen) atoms. The van der Waals surface area contributed by atoms with Gasteiger partial charge in [0.15, 0.2) is 11.9 Å². The molecule has 0 aliphatic carbocycles. The number of carbonyl (C=O) groups excluding carboxylic acids is 7. The first-order valence-corrected chi connectivity index (χ1v) is 18.3. The Kier molecular flexibility index (Phi) is 19.3. The quantitative estimate of drug-likeness (QED) is 0.0114. The number of aliphatic carboxylic acids is 1. The number of nitrogen functional groups attached to an aromatic ring is 1. The number of carboxylic acid groups (broad SMARTS) is 1. The monoisotopic (exact) mass is 855 g/mol. The van der Waals surface area contributed by atoms with Crippen LogP contribution in [-0.4, -0.2) is 107 Å². The number of nitro benzene ring substituents is 1. The lowest BCUT2D eigenvalue weighted by atomic mass is 10.0. The van der Waals surface area contributed by atoms with E-state index >= 15 is 0 Å². The van der Waals surface area contributed by atoms with Gasteiger partial charge in [0.05, 0.1) is 16.9 Å². The number of nitrogens with zero attached hydrogens (tertiary/aromatic N) is 3. The molecular weight excluding hydrogens is 806 g/mol. The normalized spacial score (nSPS) is 12.5. The molecule has 330 valence electrons. The van der Waals surface area contributed by atoms with Crippen LogP contribution >= 0.6 is 0 Å². The van der Waals surface area contributed by atoms with Crippen molar-refractivity contribution < 1.29 is 48.4 Å². The highest BCUT2D eigenvalue weighted by molar-refractivity contribution is 6.03. The molecule has 26 heteroatoms. The van der Waals surface area contributed by atoms with Gasteiger partial charge in [-0.15, -0.1) is 0 Å². The zero-order valence-corrected chi connectivity index (χ0v) is 32.6. The highest BCUT2D eigenvalue weighted by Gasteiger charge is 2.33. The maximum atomic E-state index is 13.7. The minimum atomic E-state index is -1.91. The summed E-state index contributed by atoms with van der Waals surface area (Å²) in [7, 11) is 0. The molecule has 0 spiro atoms. The first kappa shape index (κ1) is 49.1. The van der Waals surface area contributed by atoms with Crippen LogP contribution in [0, 0.1) is 10.1 Å². The summed E-state index contributed by atoms with van der Waals surface area (Å²) in [6.45, 7) is 0.0129. The summed E-state index contributed by atoms with van der Waals surface area (Å²) in [4.78, 5) is 121. The number of rotatable bonds is 25. The summed E-state index contributed by atoms with van der Waals surface area (Å²) in [5.41, 5.74) is 36.8. The molecule has 0 radical (unpaired) electrons. The van der Waals surface area contributed by atoms with E-state index in [0.717, 1.165) is 18.2 Å². The lowest BCUT2D eigenvalue weighted by molar-refractivity contribution is -0.385. The molecule has 0 bridgehead atoms. The van der Waals surface area contributed by atoms with Crippen molar-refractivity contribution in [2.75, 3.05) is 24.1 Å². The van der Waals surface area contributed by atoms with Gasteiger partial charge in [0.25, 0.3) is 17.5 Å². The number of primary amides is 2. The summed E-state index contributed by atoms with van der Waals surface area (Å²) >= 11 is 0. The Hall–Kier alpha value is -8.06. The van der Waals surface area contributed by atoms with Crippen LogP contribution in [0.25, 0.3) is 0 Å². The predicted octanol–water partition coefficient (Wildman–Crippen LogP) is -3.69. The number of anilines is 2. The summed E-state index contributed by atoms with van der Waals surface area (Å²) < 4.78 is 0. The van der Waals surface area contributed by atoms with Crippen LogP contribution in [0.1, 0.15) is 65.7 Å². The molecule has 2 aromatic carbocycles. The molecule has 0 fully saturated rings. The zero-order chi connectivity index (χ0) is 45.8. The van der Waals surface area contributed by atoms with Gasteiger partial charge < -0.3 is 71.8 Å². The molecule has 20 N–H and O–H groups in total. The number of benzene rings is 2. The fraction of sp³-hybridized carbons (Fsp3) is 0.371. The first-order chi connectivity index (χ1) is 28.7. The smallest absolute Gasteiger partial charge is 0.305 e. The molecule has 4 atom stereocenters. The molecule has 0 aliphatic rings. The standard InChI is InChI=1S/C35H49N15O11/c36-20-6-2-1-5-18(20)29(55)46-22(8-4-14-44-35(41)42)31(57)48-23(10-12-26(37)51)32(58)49-24(16-27(52)53)33(59)47-21(7-3-13-43-34(39)40)30(56)45-17-9-11-25(50(60)61)19(15-17)28(38)54/h1-2,5-6,9,11,15,21-24H,3-4,7-8,10,12-14,16,36H2,(H2,37,51)(H2,38,54)(H,45,56)(H,46,55)(H,47,59)(H,48,57)(H,49,58)(H,52,53)(H4,39,40,43)(H4,41,42,44)/t21-,22-,23-,24-/m0/s1. The maximum absolute atomic E-state index is 13.7. The third-order valence-electron chi connectivity index (χ3n) is 8.40. The largest absolute Gasteiger partial charge is 0.481 e. The van der Waals surface area contributed by atoms with Crippen molar-refractivity contribution in [1.29, 1.82) is 0 Å². The molecule has 0 heterocycles. The second kappa shape index (κ2) is 24.0. The number of aliphatic imine (C=N–C) groups is 2. The van der Waals surface area contributed by atoms with Crippen molar-refractivity contribution in [3.63, 3.8) is 0 Å². The lowest BCUT2D eigenvalue weighted by Gasteiger charge is -2.26. The van der Waals surface area contributed by atoms with Gasteiger partial charge in [-0.05, 0) is 56.4 Å². The molecular formula is C35H49N15O11. The van der Waals surface area contributed by atoms with Gasteiger partial charge in [-0.25, -0.2) is 0 Å². The van der Waals surface area contributed by atoms with Crippen molar-refractivity contribution in [2.45, 2.75) is 69.1 Å². The van der Waals surface area contributed by atoms with Crippen molar-refractivity contribution in [3.05, 3.63) is 63.7 Å². The number of nitrogens with one attached hydrogen (secondary N) is 5. The van der Waals surface area contributed by atoms with E-state index in [1.54, 1.807) is 6.07 Å². The number of amides is 7.